The summed E-state index contributed by atoms with van der Waals surface area (Å²) in [5.41, 5.74) is 2.28. The third-order valence-corrected chi connectivity index (χ3v) is 7.25. The first-order valence-corrected chi connectivity index (χ1v) is 12.5. The van der Waals surface area contributed by atoms with Gasteiger partial charge in [-0.15, -0.1) is 0 Å². The number of aromatic nitrogens is 1. The Morgan fingerprint density at radius 1 is 1.12 bits per heavy atom. The van der Waals surface area contributed by atoms with Gasteiger partial charge in [0.05, 0.1) is 5.92 Å². The molecule has 178 valence electrons. The molecule has 1 aromatic carbocycles. The molecule has 1 aliphatic heterocycles. The second-order valence-electron chi connectivity index (χ2n) is 9.39. The maximum atomic E-state index is 13.0. The van der Waals surface area contributed by atoms with Gasteiger partial charge in [-0.05, 0) is 43.7 Å². The average molecular weight is 453 g/mol. The van der Waals surface area contributed by atoms with Crippen LogP contribution in [0.4, 0.5) is 0 Å². The van der Waals surface area contributed by atoms with E-state index in [-0.39, 0.29) is 35.6 Å². The molecule has 2 heterocycles. The van der Waals surface area contributed by atoms with Gasteiger partial charge in [-0.3, -0.25) is 14.4 Å². The fourth-order valence-electron chi connectivity index (χ4n) is 5.44. The van der Waals surface area contributed by atoms with Gasteiger partial charge < -0.3 is 20.5 Å². The smallest absolute Gasteiger partial charge is 0.225 e. The van der Waals surface area contributed by atoms with E-state index in [0.29, 0.717) is 38.9 Å². The summed E-state index contributed by atoms with van der Waals surface area (Å²) in [6, 6.07) is 7.96. The van der Waals surface area contributed by atoms with Gasteiger partial charge in [-0.2, -0.15) is 0 Å². The standard InChI is InChI=1S/C26H36N4O3/c1-2-24(31)30-14-8-4-3-7-12-27-26(33)21-15-19(16-23(21)30)25(32)28-13-11-18-17-29-22-10-6-5-9-20(18)22/h5-6,9-10,17,19,21,23,29H,2-4,7-8,11-16H2,1H3,(H,27,33)(H,28,32). The van der Waals surface area contributed by atoms with Crippen LogP contribution in [-0.4, -0.2) is 53.3 Å². The van der Waals surface area contributed by atoms with Gasteiger partial charge in [0.2, 0.25) is 17.7 Å². The largest absolute Gasteiger partial charge is 0.361 e. The topological polar surface area (TPSA) is 94.3 Å². The molecule has 2 aromatic rings. The fourth-order valence-corrected chi connectivity index (χ4v) is 5.44. The number of aromatic amines is 1. The summed E-state index contributed by atoms with van der Waals surface area (Å²) in [5.74, 6) is -0.500. The zero-order valence-corrected chi connectivity index (χ0v) is 19.6. The van der Waals surface area contributed by atoms with Gasteiger partial charge in [0.1, 0.15) is 0 Å². The minimum absolute atomic E-state index is 0.00821. The zero-order valence-electron chi connectivity index (χ0n) is 19.6. The monoisotopic (exact) mass is 452 g/mol. The van der Waals surface area contributed by atoms with Crippen LogP contribution in [-0.2, 0) is 20.8 Å². The van der Waals surface area contributed by atoms with Crippen LogP contribution in [0.1, 0.15) is 57.4 Å². The predicted molar refractivity (Wildman–Crippen MR) is 128 cm³/mol. The van der Waals surface area contributed by atoms with Crippen molar-refractivity contribution >= 4 is 28.6 Å². The molecule has 1 saturated heterocycles. The number of carbonyl (C=O) groups excluding carboxylic acids is 3. The highest BCUT2D eigenvalue weighted by Gasteiger charge is 2.45. The van der Waals surface area contributed by atoms with E-state index >= 15 is 0 Å². The first kappa shape index (κ1) is 23.3. The molecule has 1 saturated carbocycles. The van der Waals surface area contributed by atoms with Crippen LogP contribution in [0.15, 0.2) is 30.5 Å². The van der Waals surface area contributed by atoms with Gasteiger partial charge in [-0.25, -0.2) is 0 Å². The minimum atomic E-state index is -0.317. The molecule has 0 spiro atoms. The Labute approximate surface area is 195 Å². The van der Waals surface area contributed by atoms with E-state index in [4.69, 9.17) is 0 Å². The Morgan fingerprint density at radius 2 is 1.94 bits per heavy atom. The van der Waals surface area contributed by atoms with E-state index < -0.39 is 0 Å². The molecular weight excluding hydrogens is 416 g/mol. The second-order valence-corrected chi connectivity index (χ2v) is 9.39. The normalized spacial score (nSPS) is 24.1. The number of carbonyl (C=O) groups is 3. The number of fused-ring (bicyclic) bond motifs is 2. The summed E-state index contributed by atoms with van der Waals surface area (Å²) in [5, 5.41) is 7.32. The number of amides is 3. The number of rotatable bonds is 5. The summed E-state index contributed by atoms with van der Waals surface area (Å²) in [4.78, 5) is 43.9. The van der Waals surface area contributed by atoms with Gasteiger partial charge in [-0.1, -0.05) is 38.0 Å². The van der Waals surface area contributed by atoms with Crippen molar-refractivity contribution in [3.8, 4) is 0 Å². The van der Waals surface area contributed by atoms with Crippen molar-refractivity contribution in [1.82, 2.24) is 20.5 Å². The molecule has 3 atom stereocenters. The van der Waals surface area contributed by atoms with Crippen LogP contribution < -0.4 is 10.6 Å². The van der Waals surface area contributed by atoms with Crippen LogP contribution in [0.2, 0.25) is 0 Å². The summed E-state index contributed by atoms with van der Waals surface area (Å²) in [6.07, 6.45) is 8.26. The summed E-state index contributed by atoms with van der Waals surface area (Å²) < 4.78 is 0. The molecule has 1 aliphatic carbocycles. The molecule has 2 fully saturated rings. The summed E-state index contributed by atoms with van der Waals surface area (Å²) in [6.45, 7) is 3.77. The zero-order chi connectivity index (χ0) is 23.2. The van der Waals surface area contributed by atoms with Crippen LogP contribution in [0.5, 0.6) is 0 Å². The number of para-hydroxylation sites is 1. The molecule has 3 amide bonds. The van der Waals surface area contributed by atoms with Crippen LogP contribution >= 0.6 is 0 Å². The third kappa shape index (κ3) is 5.40. The summed E-state index contributed by atoms with van der Waals surface area (Å²) in [7, 11) is 0. The van der Waals surface area contributed by atoms with Crippen molar-refractivity contribution < 1.29 is 14.4 Å². The molecule has 7 nitrogen and oxygen atoms in total. The molecule has 2 aliphatic rings. The summed E-state index contributed by atoms with van der Waals surface area (Å²) >= 11 is 0. The SMILES string of the molecule is CCC(=O)N1CCCCCCNC(=O)C2CC(C(=O)NCCc3c[nH]c4ccccc34)CC21. The number of benzene rings is 1. The van der Waals surface area contributed by atoms with E-state index in [2.05, 4.69) is 21.7 Å². The van der Waals surface area contributed by atoms with Crippen molar-refractivity contribution in [1.29, 1.82) is 0 Å². The predicted octanol–water partition coefficient (Wildman–Crippen LogP) is 3.15. The van der Waals surface area contributed by atoms with Gasteiger partial charge in [0.15, 0.2) is 0 Å². The Morgan fingerprint density at radius 3 is 2.79 bits per heavy atom. The quantitative estimate of drug-likeness (QED) is 0.650. The number of H-pyrrole nitrogens is 1. The fraction of sp³-hybridized carbons (Fsp3) is 0.577. The van der Waals surface area contributed by atoms with Gasteiger partial charge in [0, 0.05) is 55.1 Å². The molecule has 7 heteroatoms. The number of nitrogens with zero attached hydrogens (tertiary/aromatic N) is 1. The highest BCUT2D eigenvalue weighted by atomic mass is 16.2. The lowest BCUT2D eigenvalue weighted by Gasteiger charge is -2.32. The average Bonchev–Trinajstić information content (AvgIpc) is 3.44. The van der Waals surface area contributed by atoms with Crippen LogP contribution in [0, 0.1) is 11.8 Å². The van der Waals surface area contributed by atoms with E-state index in [1.807, 2.05) is 36.2 Å². The van der Waals surface area contributed by atoms with Crippen molar-refractivity contribution in [2.45, 2.75) is 64.3 Å². The lowest BCUT2D eigenvalue weighted by atomic mass is 10.00. The second kappa shape index (κ2) is 10.9. The Balaban J connectivity index is 1.41. The van der Waals surface area contributed by atoms with E-state index in [9.17, 15) is 14.4 Å². The Kier molecular flexibility index (Phi) is 7.68. The lowest BCUT2D eigenvalue weighted by molar-refractivity contribution is -0.136. The van der Waals surface area contributed by atoms with Gasteiger partial charge in [0.25, 0.3) is 0 Å². The van der Waals surface area contributed by atoms with Crippen LogP contribution in [0.3, 0.4) is 0 Å². The third-order valence-electron chi connectivity index (χ3n) is 7.25. The molecule has 33 heavy (non-hydrogen) atoms. The maximum Gasteiger partial charge on any atom is 0.225 e. The molecule has 1 aromatic heterocycles. The molecular formula is C26H36N4O3. The molecule has 3 N–H and O–H groups in total. The van der Waals surface area contributed by atoms with Crippen molar-refractivity contribution in [3.63, 3.8) is 0 Å². The van der Waals surface area contributed by atoms with Gasteiger partial charge >= 0.3 is 0 Å². The van der Waals surface area contributed by atoms with E-state index in [0.717, 1.165) is 37.6 Å². The molecule has 3 unspecified atom stereocenters. The Bertz CT molecular complexity index is 985. The van der Waals surface area contributed by atoms with Crippen molar-refractivity contribution in [2.75, 3.05) is 19.6 Å². The Hall–Kier alpha value is -2.83. The molecule has 4 rings (SSSR count). The number of hydrogen-bond donors (Lipinski definition) is 3. The highest BCUT2D eigenvalue weighted by molar-refractivity contribution is 5.86. The van der Waals surface area contributed by atoms with Crippen LogP contribution in [0.25, 0.3) is 10.9 Å². The lowest BCUT2D eigenvalue weighted by Crippen LogP contribution is -2.47. The molecule has 0 bridgehead atoms. The first-order valence-electron chi connectivity index (χ1n) is 12.5. The minimum Gasteiger partial charge on any atom is -0.361 e. The van der Waals surface area contributed by atoms with Crippen molar-refractivity contribution in [3.05, 3.63) is 36.0 Å². The maximum absolute atomic E-state index is 13.0. The first-order chi connectivity index (χ1) is 16.1. The van der Waals surface area contributed by atoms with E-state index in [1.165, 1.54) is 10.9 Å². The number of nitrogens with one attached hydrogen (secondary N) is 3. The number of hydrogen-bond acceptors (Lipinski definition) is 3. The molecule has 0 radical (unpaired) electrons. The van der Waals surface area contributed by atoms with Crippen molar-refractivity contribution in [2.24, 2.45) is 11.8 Å². The van der Waals surface area contributed by atoms with E-state index in [1.54, 1.807) is 0 Å². The highest BCUT2D eigenvalue weighted by Crippen LogP contribution is 2.36.